The van der Waals surface area contributed by atoms with Gasteiger partial charge in [0.15, 0.2) is 0 Å². The Morgan fingerprint density at radius 2 is 1.70 bits per heavy atom. The molecule has 1 amide bonds. The Balaban J connectivity index is 1.83. The van der Waals surface area contributed by atoms with Crippen molar-refractivity contribution in [2.24, 2.45) is 0 Å². The van der Waals surface area contributed by atoms with Crippen LogP contribution in [0.25, 0.3) is 0 Å². The zero-order valence-corrected chi connectivity index (χ0v) is 17.0. The molecular formula is C21H21Cl2N3O. The predicted molar refractivity (Wildman–Crippen MR) is 110 cm³/mol. The van der Waals surface area contributed by atoms with Crippen molar-refractivity contribution < 1.29 is 4.79 Å². The number of benzene rings is 2. The first-order valence-corrected chi connectivity index (χ1v) is 9.46. The number of rotatable bonds is 5. The maximum Gasteiger partial charge on any atom is 0.255 e. The van der Waals surface area contributed by atoms with E-state index >= 15 is 0 Å². The minimum Gasteiger partial charge on any atom is -0.345 e. The van der Waals surface area contributed by atoms with Crippen LogP contribution in [-0.4, -0.2) is 15.7 Å². The Kier molecular flexibility index (Phi) is 5.88. The van der Waals surface area contributed by atoms with Crippen LogP contribution in [0, 0.1) is 13.8 Å². The summed E-state index contributed by atoms with van der Waals surface area (Å²) in [7, 11) is 0. The van der Waals surface area contributed by atoms with Gasteiger partial charge in [0, 0.05) is 15.7 Å². The Morgan fingerprint density at radius 3 is 2.37 bits per heavy atom. The lowest BCUT2D eigenvalue weighted by molar-refractivity contribution is 0.0938. The largest absolute Gasteiger partial charge is 0.345 e. The standard InChI is InChI=1S/C21H21Cl2N3O/c1-13(17-9-5-7-11-19(17)23)24-21(27)20-14(2)25-26(15(20)3)12-16-8-4-6-10-18(16)22/h4-11,13H,12H2,1-3H3,(H,24,27). The monoisotopic (exact) mass is 401 g/mol. The predicted octanol–water partition coefficient (Wildman–Crippen LogP) is 5.35. The van der Waals surface area contributed by atoms with Gasteiger partial charge in [-0.1, -0.05) is 59.6 Å². The number of amides is 1. The number of carbonyl (C=O) groups excluding carboxylic acids is 1. The highest BCUT2D eigenvalue weighted by Gasteiger charge is 2.21. The normalized spacial score (nSPS) is 12.0. The van der Waals surface area contributed by atoms with Crippen LogP contribution < -0.4 is 5.32 Å². The second-order valence-corrected chi connectivity index (χ2v) is 7.33. The van der Waals surface area contributed by atoms with Gasteiger partial charge >= 0.3 is 0 Å². The summed E-state index contributed by atoms with van der Waals surface area (Å²) in [4.78, 5) is 12.9. The SMILES string of the molecule is Cc1nn(Cc2ccccc2Cl)c(C)c1C(=O)NC(C)c1ccccc1Cl. The lowest BCUT2D eigenvalue weighted by Gasteiger charge is -2.16. The van der Waals surface area contributed by atoms with Crippen molar-refractivity contribution in [1.82, 2.24) is 15.1 Å². The van der Waals surface area contributed by atoms with Crippen molar-refractivity contribution >= 4 is 29.1 Å². The Labute approximate surface area is 169 Å². The zero-order chi connectivity index (χ0) is 19.6. The minimum absolute atomic E-state index is 0.164. The Hall–Kier alpha value is -2.30. The van der Waals surface area contributed by atoms with Crippen LogP contribution in [-0.2, 0) is 6.54 Å². The molecular weight excluding hydrogens is 381 g/mol. The van der Waals surface area contributed by atoms with Gasteiger partial charge in [-0.2, -0.15) is 5.10 Å². The lowest BCUT2D eigenvalue weighted by atomic mass is 10.1. The van der Waals surface area contributed by atoms with Crippen molar-refractivity contribution in [3.8, 4) is 0 Å². The molecule has 27 heavy (non-hydrogen) atoms. The smallest absolute Gasteiger partial charge is 0.255 e. The van der Waals surface area contributed by atoms with Crippen LogP contribution >= 0.6 is 23.2 Å². The van der Waals surface area contributed by atoms with Crippen molar-refractivity contribution in [2.45, 2.75) is 33.4 Å². The number of nitrogens with one attached hydrogen (secondary N) is 1. The number of nitrogens with zero attached hydrogens (tertiary/aromatic N) is 2. The van der Waals surface area contributed by atoms with E-state index in [2.05, 4.69) is 10.4 Å². The molecule has 1 unspecified atom stereocenters. The summed E-state index contributed by atoms with van der Waals surface area (Å²) in [5, 5.41) is 8.87. The van der Waals surface area contributed by atoms with E-state index in [1.165, 1.54) is 0 Å². The summed E-state index contributed by atoms with van der Waals surface area (Å²) in [6.45, 7) is 6.16. The average Bonchev–Trinajstić information content (AvgIpc) is 2.90. The molecule has 0 radical (unpaired) electrons. The number of hydrogen-bond acceptors (Lipinski definition) is 2. The molecule has 1 heterocycles. The van der Waals surface area contributed by atoms with Gasteiger partial charge < -0.3 is 5.32 Å². The highest BCUT2D eigenvalue weighted by molar-refractivity contribution is 6.31. The molecule has 0 saturated heterocycles. The van der Waals surface area contributed by atoms with Gasteiger partial charge in [-0.3, -0.25) is 9.48 Å². The fourth-order valence-corrected chi connectivity index (χ4v) is 3.64. The van der Waals surface area contributed by atoms with Crippen LogP contribution in [0.3, 0.4) is 0 Å². The van der Waals surface area contributed by atoms with Crippen molar-refractivity contribution in [3.63, 3.8) is 0 Å². The fourth-order valence-electron chi connectivity index (χ4n) is 3.14. The highest BCUT2D eigenvalue weighted by atomic mass is 35.5. The second-order valence-electron chi connectivity index (χ2n) is 6.51. The molecule has 3 rings (SSSR count). The van der Waals surface area contributed by atoms with Gasteiger partial charge in [0.2, 0.25) is 0 Å². The summed E-state index contributed by atoms with van der Waals surface area (Å²) in [6.07, 6.45) is 0. The van der Waals surface area contributed by atoms with Crippen LogP contribution in [0.15, 0.2) is 48.5 Å². The number of carbonyl (C=O) groups is 1. The average molecular weight is 402 g/mol. The van der Waals surface area contributed by atoms with Gasteiger partial charge in [0.1, 0.15) is 0 Å². The van der Waals surface area contributed by atoms with E-state index in [0.29, 0.717) is 27.8 Å². The Bertz CT molecular complexity index is 981. The lowest BCUT2D eigenvalue weighted by Crippen LogP contribution is -2.27. The fraction of sp³-hybridized carbons (Fsp3) is 0.238. The maximum absolute atomic E-state index is 12.9. The number of hydrogen-bond donors (Lipinski definition) is 1. The Morgan fingerprint density at radius 1 is 1.07 bits per heavy atom. The molecule has 0 aliphatic heterocycles. The van der Waals surface area contributed by atoms with Crippen molar-refractivity contribution in [1.29, 1.82) is 0 Å². The second kappa shape index (κ2) is 8.15. The van der Waals surface area contributed by atoms with Gasteiger partial charge in [0.25, 0.3) is 5.91 Å². The molecule has 0 spiro atoms. The van der Waals surface area contributed by atoms with Gasteiger partial charge in [-0.15, -0.1) is 0 Å². The van der Waals surface area contributed by atoms with Crippen LogP contribution in [0.1, 0.15) is 45.8 Å². The van der Waals surface area contributed by atoms with Crippen LogP contribution in [0.5, 0.6) is 0 Å². The summed E-state index contributed by atoms with van der Waals surface area (Å²) in [6, 6.07) is 14.9. The van der Waals surface area contributed by atoms with E-state index in [4.69, 9.17) is 23.2 Å². The molecule has 1 aromatic heterocycles. The first-order chi connectivity index (χ1) is 12.9. The molecule has 2 aromatic carbocycles. The molecule has 1 atom stereocenters. The first kappa shape index (κ1) is 19.5. The van der Waals surface area contributed by atoms with Gasteiger partial charge in [-0.25, -0.2) is 0 Å². The number of halogens is 2. The van der Waals surface area contributed by atoms with E-state index in [1.54, 1.807) is 0 Å². The topological polar surface area (TPSA) is 46.9 Å². The van der Waals surface area contributed by atoms with Gasteiger partial charge in [-0.05, 0) is 44.0 Å². The van der Waals surface area contributed by atoms with Crippen molar-refractivity contribution in [3.05, 3.63) is 86.7 Å². The molecule has 0 saturated carbocycles. The molecule has 1 N–H and O–H groups in total. The molecule has 0 bridgehead atoms. The molecule has 6 heteroatoms. The quantitative estimate of drug-likeness (QED) is 0.626. The third-order valence-electron chi connectivity index (χ3n) is 4.61. The zero-order valence-electron chi connectivity index (χ0n) is 15.5. The maximum atomic E-state index is 12.9. The van der Waals surface area contributed by atoms with Crippen LogP contribution in [0.2, 0.25) is 10.0 Å². The number of aryl methyl sites for hydroxylation is 1. The summed E-state index contributed by atoms with van der Waals surface area (Å²) >= 11 is 12.5. The summed E-state index contributed by atoms with van der Waals surface area (Å²) in [5.41, 5.74) is 3.91. The van der Waals surface area contributed by atoms with E-state index in [0.717, 1.165) is 16.8 Å². The van der Waals surface area contributed by atoms with E-state index in [1.807, 2.05) is 74.0 Å². The van der Waals surface area contributed by atoms with E-state index in [9.17, 15) is 4.79 Å². The van der Waals surface area contributed by atoms with E-state index < -0.39 is 0 Å². The van der Waals surface area contributed by atoms with E-state index in [-0.39, 0.29) is 11.9 Å². The molecule has 140 valence electrons. The third-order valence-corrected chi connectivity index (χ3v) is 5.32. The van der Waals surface area contributed by atoms with Crippen molar-refractivity contribution in [2.75, 3.05) is 0 Å². The molecule has 0 aliphatic carbocycles. The highest BCUT2D eigenvalue weighted by Crippen LogP contribution is 2.24. The third kappa shape index (κ3) is 4.18. The number of aromatic nitrogens is 2. The molecule has 0 aliphatic rings. The minimum atomic E-state index is -0.211. The van der Waals surface area contributed by atoms with Gasteiger partial charge in [0.05, 0.1) is 23.8 Å². The molecule has 4 nitrogen and oxygen atoms in total. The van der Waals surface area contributed by atoms with Crippen LogP contribution in [0.4, 0.5) is 0 Å². The molecule has 3 aromatic rings. The summed E-state index contributed by atoms with van der Waals surface area (Å²) < 4.78 is 1.81. The summed E-state index contributed by atoms with van der Waals surface area (Å²) in [5.74, 6) is -0.164. The first-order valence-electron chi connectivity index (χ1n) is 8.71. The molecule has 0 fully saturated rings.